The standard InChI is InChI=1S/C12H11N3O2.ClH/c16-12(17)10-5-9(3-4-13-10)15-6-11(14-7-15)8-1-2-8;/h3-8H,1-2H2,(H,16,17);1H. The lowest BCUT2D eigenvalue weighted by atomic mass is 10.3. The summed E-state index contributed by atoms with van der Waals surface area (Å²) in [4.78, 5) is 18.9. The van der Waals surface area contributed by atoms with Gasteiger partial charge in [0.2, 0.25) is 0 Å². The van der Waals surface area contributed by atoms with Crippen LogP contribution in [0, 0.1) is 0 Å². The molecule has 6 heteroatoms. The number of carboxylic acid groups (broad SMARTS) is 1. The van der Waals surface area contributed by atoms with Crippen LogP contribution in [0.2, 0.25) is 0 Å². The highest BCUT2D eigenvalue weighted by Crippen LogP contribution is 2.39. The topological polar surface area (TPSA) is 68.0 Å². The van der Waals surface area contributed by atoms with Gasteiger partial charge in [-0.3, -0.25) is 0 Å². The fourth-order valence-corrected chi connectivity index (χ4v) is 1.77. The van der Waals surface area contributed by atoms with Crippen molar-refractivity contribution < 1.29 is 9.90 Å². The number of nitrogens with zero attached hydrogens (tertiary/aromatic N) is 3. The van der Waals surface area contributed by atoms with Crippen LogP contribution in [0.25, 0.3) is 5.69 Å². The zero-order valence-electron chi connectivity index (χ0n) is 9.48. The third kappa shape index (κ3) is 2.36. The van der Waals surface area contributed by atoms with E-state index in [0.29, 0.717) is 5.92 Å². The molecule has 0 spiro atoms. The van der Waals surface area contributed by atoms with E-state index in [1.54, 1.807) is 18.5 Å². The molecule has 0 aliphatic heterocycles. The van der Waals surface area contributed by atoms with E-state index < -0.39 is 5.97 Å². The molecule has 18 heavy (non-hydrogen) atoms. The van der Waals surface area contributed by atoms with Crippen LogP contribution < -0.4 is 0 Å². The van der Waals surface area contributed by atoms with Gasteiger partial charge in [-0.25, -0.2) is 14.8 Å². The molecule has 0 aromatic carbocycles. The van der Waals surface area contributed by atoms with E-state index in [1.165, 1.54) is 19.0 Å². The summed E-state index contributed by atoms with van der Waals surface area (Å²) in [6, 6.07) is 3.31. The molecule has 0 amide bonds. The summed E-state index contributed by atoms with van der Waals surface area (Å²) in [5, 5.41) is 8.87. The second-order valence-corrected chi connectivity index (χ2v) is 4.18. The predicted molar refractivity (Wildman–Crippen MR) is 67.5 cm³/mol. The first-order valence-electron chi connectivity index (χ1n) is 5.47. The number of carboxylic acids is 1. The van der Waals surface area contributed by atoms with Crippen LogP contribution in [0.3, 0.4) is 0 Å². The Morgan fingerprint density at radius 1 is 1.39 bits per heavy atom. The predicted octanol–water partition coefficient (Wildman–Crippen LogP) is 2.26. The number of carbonyl (C=O) groups is 1. The summed E-state index contributed by atoms with van der Waals surface area (Å²) in [5.41, 5.74) is 1.90. The minimum Gasteiger partial charge on any atom is -0.477 e. The van der Waals surface area contributed by atoms with Crippen LogP contribution in [-0.4, -0.2) is 25.6 Å². The van der Waals surface area contributed by atoms with Gasteiger partial charge >= 0.3 is 5.97 Å². The molecule has 5 nitrogen and oxygen atoms in total. The van der Waals surface area contributed by atoms with Crippen molar-refractivity contribution >= 4 is 18.4 Å². The summed E-state index contributed by atoms with van der Waals surface area (Å²) >= 11 is 0. The Balaban J connectivity index is 0.00000120. The molecule has 1 fully saturated rings. The second kappa shape index (κ2) is 4.78. The number of hydrogen-bond acceptors (Lipinski definition) is 3. The van der Waals surface area contributed by atoms with Gasteiger partial charge in [0.05, 0.1) is 17.7 Å². The number of pyridine rings is 1. The molecule has 1 aliphatic carbocycles. The molecule has 0 atom stereocenters. The fourth-order valence-electron chi connectivity index (χ4n) is 1.77. The summed E-state index contributed by atoms with van der Waals surface area (Å²) in [5.74, 6) is -0.425. The molecule has 3 rings (SSSR count). The Bertz CT molecular complexity index is 578. The van der Waals surface area contributed by atoms with Gasteiger partial charge in [-0.05, 0) is 25.0 Å². The van der Waals surface area contributed by atoms with Crippen molar-refractivity contribution in [2.45, 2.75) is 18.8 Å². The molecule has 0 bridgehead atoms. The zero-order chi connectivity index (χ0) is 11.8. The van der Waals surface area contributed by atoms with Crippen LogP contribution in [0.4, 0.5) is 0 Å². The minimum absolute atomic E-state index is 0. The Morgan fingerprint density at radius 3 is 2.83 bits per heavy atom. The van der Waals surface area contributed by atoms with Crippen molar-refractivity contribution in [2.24, 2.45) is 0 Å². The van der Waals surface area contributed by atoms with E-state index in [9.17, 15) is 4.79 Å². The van der Waals surface area contributed by atoms with Gasteiger partial charge in [0, 0.05) is 18.3 Å². The average Bonchev–Trinajstić information content (AvgIpc) is 3.07. The largest absolute Gasteiger partial charge is 0.477 e. The van der Waals surface area contributed by atoms with Crippen molar-refractivity contribution in [3.05, 3.63) is 42.2 Å². The molecule has 0 saturated heterocycles. The summed E-state index contributed by atoms with van der Waals surface area (Å²) in [6.07, 6.45) is 7.57. The highest BCUT2D eigenvalue weighted by atomic mass is 35.5. The van der Waals surface area contributed by atoms with E-state index in [4.69, 9.17) is 5.11 Å². The summed E-state index contributed by atoms with van der Waals surface area (Å²) in [7, 11) is 0. The van der Waals surface area contributed by atoms with Crippen molar-refractivity contribution in [1.29, 1.82) is 0 Å². The SMILES string of the molecule is Cl.O=C(O)c1cc(-n2cnc(C3CC3)c2)ccn1. The molecule has 2 heterocycles. The Labute approximate surface area is 110 Å². The van der Waals surface area contributed by atoms with Gasteiger partial charge in [0.1, 0.15) is 5.69 Å². The first-order valence-corrected chi connectivity index (χ1v) is 5.47. The van der Waals surface area contributed by atoms with Gasteiger partial charge in [0.25, 0.3) is 0 Å². The summed E-state index contributed by atoms with van der Waals surface area (Å²) in [6.45, 7) is 0. The van der Waals surface area contributed by atoms with E-state index >= 15 is 0 Å². The molecule has 2 aromatic heterocycles. The van der Waals surface area contributed by atoms with E-state index in [2.05, 4.69) is 9.97 Å². The monoisotopic (exact) mass is 265 g/mol. The quantitative estimate of drug-likeness (QED) is 0.924. The lowest BCUT2D eigenvalue weighted by Crippen LogP contribution is -2.01. The van der Waals surface area contributed by atoms with Gasteiger partial charge in [0.15, 0.2) is 0 Å². The Kier molecular flexibility index (Phi) is 3.34. The number of hydrogen-bond donors (Lipinski definition) is 1. The van der Waals surface area contributed by atoms with Gasteiger partial charge < -0.3 is 9.67 Å². The molecule has 1 aliphatic rings. The molecule has 0 radical (unpaired) electrons. The number of aromatic nitrogens is 3. The first kappa shape index (κ1) is 12.6. The number of rotatable bonds is 3. The van der Waals surface area contributed by atoms with Gasteiger partial charge in [-0.1, -0.05) is 0 Å². The number of imidazole rings is 1. The normalized spacial score (nSPS) is 14.0. The van der Waals surface area contributed by atoms with Crippen LogP contribution in [0.1, 0.15) is 34.9 Å². The van der Waals surface area contributed by atoms with Crippen LogP contribution in [0.5, 0.6) is 0 Å². The van der Waals surface area contributed by atoms with Crippen LogP contribution in [-0.2, 0) is 0 Å². The highest BCUT2D eigenvalue weighted by Gasteiger charge is 2.25. The molecule has 94 valence electrons. The molecule has 1 N–H and O–H groups in total. The van der Waals surface area contributed by atoms with Gasteiger partial charge in [-0.2, -0.15) is 0 Å². The smallest absolute Gasteiger partial charge is 0.354 e. The molecular formula is C12H12ClN3O2. The molecule has 1 saturated carbocycles. The minimum atomic E-state index is -1.02. The van der Waals surface area contributed by atoms with Crippen LogP contribution >= 0.6 is 12.4 Å². The average molecular weight is 266 g/mol. The Hall–Kier alpha value is -1.88. The lowest BCUT2D eigenvalue weighted by Gasteiger charge is -2.01. The molecule has 0 unspecified atom stereocenters. The lowest BCUT2D eigenvalue weighted by molar-refractivity contribution is 0.0690. The summed E-state index contributed by atoms with van der Waals surface area (Å²) < 4.78 is 1.84. The first-order chi connectivity index (χ1) is 8.24. The third-order valence-electron chi connectivity index (χ3n) is 2.86. The van der Waals surface area contributed by atoms with Crippen molar-refractivity contribution in [3.63, 3.8) is 0 Å². The van der Waals surface area contributed by atoms with Crippen molar-refractivity contribution in [1.82, 2.24) is 14.5 Å². The van der Waals surface area contributed by atoms with Gasteiger partial charge in [-0.15, -0.1) is 12.4 Å². The van der Waals surface area contributed by atoms with Crippen LogP contribution in [0.15, 0.2) is 30.9 Å². The number of aromatic carboxylic acids is 1. The zero-order valence-corrected chi connectivity index (χ0v) is 10.3. The maximum absolute atomic E-state index is 10.8. The maximum Gasteiger partial charge on any atom is 0.354 e. The van der Waals surface area contributed by atoms with Crippen molar-refractivity contribution in [2.75, 3.05) is 0 Å². The molecule has 2 aromatic rings. The number of halogens is 1. The molecular weight excluding hydrogens is 254 g/mol. The second-order valence-electron chi connectivity index (χ2n) is 4.18. The fraction of sp³-hybridized carbons (Fsp3) is 0.250. The van der Waals surface area contributed by atoms with E-state index in [1.807, 2.05) is 10.8 Å². The van der Waals surface area contributed by atoms with E-state index in [-0.39, 0.29) is 18.1 Å². The third-order valence-corrected chi connectivity index (χ3v) is 2.86. The maximum atomic E-state index is 10.8. The van der Waals surface area contributed by atoms with Crippen molar-refractivity contribution in [3.8, 4) is 5.69 Å². The van der Waals surface area contributed by atoms with E-state index in [0.717, 1.165) is 11.4 Å². The Morgan fingerprint density at radius 2 is 2.17 bits per heavy atom. The highest BCUT2D eigenvalue weighted by molar-refractivity contribution is 5.86.